The van der Waals surface area contributed by atoms with Crippen LogP contribution in [0.5, 0.6) is 0 Å². The molecule has 3 aromatic heterocycles. The Kier molecular flexibility index (Phi) is 4.89. The molecule has 8 nitrogen and oxygen atoms in total. The summed E-state index contributed by atoms with van der Waals surface area (Å²) in [7, 11) is 0. The molecule has 184 valence electrons. The quantitative estimate of drug-likeness (QED) is 0.395. The van der Waals surface area contributed by atoms with Gasteiger partial charge in [-0.05, 0) is 48.9 Å². The number of fused-ring (bicyclic) bond motifs is 3. The number of carbonyl (C=O) groups is 2. The molecule has 2 atom stereocenters. The summed E-state index contributed by atoms with van der Waals surface area (Å²) in [6.07, 6.45) is 0. The van der Waals surface area contributed by atoms with Crippen LogP contribution in [0.25, 0.3) is 33.5 Å². The number of rotatable bonds is 3. The number of carbonyl (C=O) groups excluding carboxylic acids is 2. The lowest BCUT2D eigenvalue weighted by molar-refractivity contribution is 0.0733. The molecule has 37 heavy (non-hydrogen) atoms. The van der Waals surface area contributed by atoms with Crippen molar-refractivity contribution >= 4 is 33.8 Å². The summed E-state index contributed by atoms with van der Waals surface area (Å²) in [5.41, 5.74) is 5.63. The third-order valence-corrected chi connectivity index (χ3v) is 7.67. The number of pyridine rings is 1. The zero-order chi connectivity index (χ0) is 25.1. The number of hydrogen-bond donors (Lipinski definition) is 2. The minimum Gasteiger partial charge on any atom is -0.351 e. The summed E-state index contributed by atoms with van der Waals surface area (Å²) in [6, 6.07) is 21.4. The molecule has 5 aromatic rings. The topological polar surface area (TPSA) is 98.0 Å². The monoisotopic (exact) mass is 490 g/mol. The van der Waals surface area contributed by atoms with Gasteiger partial charge in [-0.15, -0.1) is 0 Å². The van der Waals surface area contributed by atoms with Gasteiger partial charge in [0, 0.05) is 48.9 Å². The van der Waals surface area contributed by atoms with Gasteiger partial charge in [0.1, 0.15) is 17.1 Å². The van der Waals surface area contributed by atoms with E-state index in [1.807, 2.05) is 65.3 Å². The van der Waals surface area contributed by atoms with Gasteiger partial charge in [0.2, 0.25) is 0 Å². The molecule has 2 unspecified atom stereocenters. The van der Waals surface area contributed by atoms with Gasteiger partial charge in [0.15, 0.2) is 5.82 Å². The van der Waals surface area contributed by atoms with Crippen LogP contribution in [-0.2, 0) is 0 Å². The van der Waals surface area contributed by atoms with Crippen LogP contribution in [-0.4, -0.2) is 67.7 Å². The van der Waals surface area contributed by atoms with E-state index >= 15 is 0 Å². The van der Waals surface area contributed by atoms with Crippen molar-refractivity contribution in [3.63, 3.8) is 0 Å². The van der Waals surface area contributed by atoms with Crippen LogP contribution in [0.3, 0.4) is 0 Å². The van der Waals surface area contributed by atoms with Crippen LogP contribution in [0.1, 0.15) is 26.5 Å². The molecular formula is C29H26N6O2. The summed E-state index contributed by atoms with van der Waals surface area (Å²) in [5.74, 6) is 1.16. The highest BCUT2D eigenvalue weighted by molar-refractivity contribution is 5.98. The van der Waals surface area contributed by atoms with E-state index < -0.39 is 0 Å². The molecule has 7 rings (SSSR count). The number of para-hydroxylation sites is 2. The van der Waals surface area contributed by atoms with Crippen molar-refractivity contribution in [1.82, 2.24) is 29.7 Å². The summed E-state index contributed by atoms with van der Waals surface area (Å²) in [5, 5.41) is 1.04. The highest BCUT2D eigenvalue weighted by Crippen LogP contribution is 2.33. The molecule has 0 saturated carbocycles. The summed E-state index contributed by atoms with van der Waals surface area (Å²) < 4.78 is 0. The first-order valence-electron chi connectivity index (χ1n) is 12.6. The van der Waals surface area contributed by atoms with Crippen LogP contribution in [0.2, 0.25) is 0 Å². The third kappa shape index (κ3) is 3.76. The summed E-state index contributed by atoms with van der Waals surface area (Å²) in [6.45, 7) is 4.63. The predicted octanol–water partition coefficient (Wildman–Crippen LogP) is 4.26. The molecule has 0 spiro atoms. The number of aromatic amines is 2. The van der Waals surface area contributed by atoms with Crippen LogP contribution in [0.15, 0.2) is 66.7 Å². The average molecular weight is 491 g/mol. The molecule has 2 saturated heterocycles. The average Bonchev–Trinajstić information content (AvgIpc) is 3.69. The zero-order valence-electron chi connectivity index (χ0n) is 20.4. The van der Waals surface area contributed by atoms with Crippen molar-refractivity contribution < 1.29 is 9.59 Å². The summed E-state index contributed by atoms with van der Waals surface area (Å²) >= 11 is 0. The minimum atomic E-state index is -0.0729. The fourth-order valence-electron chi connectivity index (χ4n) is 5.77. The number of amides is 2. The lowest BCUT2D eigenvalue weighted by Crippen LogP contribution is -2.36. The van der Waals surface area contributed by atoms with Gasteiger partial charge in [-0.1, -0.05) is 30.3 Å². The van der Waals surface area contributed by atoms with E-state index in [1.54, 1.807) is 6.07 Å². The van der Waals surface area contributed by atoms with Gasteiger partial charge < -0.3 is 19.8 Å². The van der Waals surface area contributed by atoms with Crippen molar-refractivity contribution in [2.24, 2.45) is 11.8 Å². The second kappa shape index (κ2) is 8.30. The van der Waals surface area contributed by atoms with Gasteiger partial charge in [-0.2, -0.15) is 0 Å². The SMILES string of the molecule is Cc1ccc2cc(C(=O)N3CC4CN(C(=O)c5cccc(-c6nc7ccccc7[nH]6)n5)CC4C3)[nH]c2c1. The Morgan fingerprint density at radius 3 is 2.32 bits per heavy atom. The highest BCUT2D eigenvalue weighted by atomic mass is 16.2. The van der Waals surface area contributed by atoms with E-state index in [0.717, 1.165) is 27.5 Å². The Balaban J connectivity index is 1.04. The molecule has 5 heterocycles. The lowest BCUT2D eigenvalue weighted by Gasteiger charge is -2.21. The Bertz CT molecular complexity index is 1640. The van der Waals surface area contributed by atoms with Crippen molar-refractivity contribution in [2.75, 3.05) is 26.2 Å². The Labute approximate surface area is 213 Å². The van der Waals surface area contributed by atoms with Crippen molar-refractivity contribution in [1.29, 1.82) is 0 Å². The normalized spacial score (nSPS) is 19.2. The van der Waals surface area contributed by atoms with Gasteiger partial charge >= 0.3 is 0 Å². The second-order valence-corrected chi connectivity index (χ2v) is 10.2. The largest absolute Gasteiger partial charge is 0.351 e. The first-order chi connectivity index (χ1) is 18.0. The highest BCUT2D eigenvalue weighted by Gasteiger charge is 2.43. The van der Waals surface area contributed by atoms with Crippen LogP contribution >= 0.6 is 0 Å². The third-order valence-electron chi connectivity index (χ3n) is 7.67. The van der Waals surface area contributed by atoms with Crippen molar-refractivity contribution in [3.05, 3.63) is 83.7 Å². The van der Waals surface area contributed by atoms with Crippen LogP contribution in [0, 0.1) is 18.8 Å². The van der Waals surface area contributed by atoms with Crippen LogP contribution < -0.4 is 0 Å². The van der Waals surface area contributed by atoms with E-state index in [2.05, 4.69) is 32.1 Å². The zero-order valence-corrected chi connectivity index (χ0v) is 20.4. The molecule has 0 aliphatic carbocycles. The number of aromatic nitrogens is 4. The minimum absolute atomic E-state index is 0.0290. The van der Waals surface area contributed by atoms with Gasteiger partial charge in [0.05, 0.1) is 11.0 Å². The van der Waals surface area contributed by atoms with Crippen molar-refractivity contribution in [3.8, 4) is 11.5 Å². The lowest BCUT2D eigenvalue weighted by atomic mass is 10.0. The van der Waals surface area contributed by atoms with E-state index in [1.165, 1.54) is 0 Å². The van der Waals surface area contributed by atoms with Crippen molar-refractivity contribution in [2.45, 2.75) is 6.92 Å². The maximum Gasteiger partial charge on any atom is 0.272 e. The first-order valence-corrected chi connectivity index (χ1v) is 12.6. The van der Waals surface area contributed by atoms with E-state index in [0.29, 0.717) is 49.1 Å². The van der Waals surface area contributed by atoms with Gasteiger partial charge in [-0.25, -0.2) is 9.97 Å². The second-order valence-electron chi connectivity index (χ2n) is 10.2. The van der Waals surface area contributed by atoms with E-state index in [-0.39, 0.29) is 23.7 Å². The molecule has 2 aliphatic rings. The number of likely N-dealkylation sites (tertiary alicyclic amines) is 2. The van der Waals surface area contributed by atoms with E-state index in [9.17, 15) is 9.59 Å². The number of aryl methyl sites for hydroxylation is 1. The standard InChI is InChI=1S/C29H26N6O2/c1-17-9-10-18-12-26(31-25(18)11-17)29(37)35-15-19-13-34(14-20(19)16-35)28(36)24-8-4-7-23(30-24)27-32-21-5-2-3-6-22(21)33-27/h2-12,19-20,31H,13-16H2,1H3,(H,32,33). The fraction of sp³-hybridized carbons (Fsp3) is 0.241. The number of imidazole rings is 1. The number of H-pyrrole nitrogens is 2. The summed E-state index contributed by atoms with van der Waals surface area (Å²) in [4.78, 5) is 46.2. The fourth-order valence-corrected chi connectivity index (χ4v) is 5.77. The Morgan fingerprint density at radius 1 is 0.784 bits per heavy atom. The Morgan fingerprint density at radius 2 is 1.54 bits per heavy atom. The maximum atomic E-state index is 13.3. The molecule has 0 radical (unpaired) electrons. The van der Waals surface area contributed by atoms with Gasteiger partial charge in [-0.3, -0.25) is 9.59 Å². The number of nitrogens with one attached hydrogen (secondary N) is 2. The molecule has 2 aliphatic heterocycles. The van der Waals surface area contributed by atoms with Crippen LogP contribution in [0.4, 0.5) is 0 Å². The smallest absolute Gasteiger partial charge is 0.272 e. The molecule has 2 fully saturated rings. The molecule has 2 amide bonds. The number of hydrogen-bond acceptors (Lipinski definition) is 4. The molecule has 8 heteroatoms. The first kappa shape index (κ1) is 21.8. The molecular weight excluding hydrogens is 464 g/mol. The molecule has 0 bridgehead atoms. The maximum absolute atomic E-state index is 13.3. The number of nitrogens with zero attached hydrogens (tertiary/aromatic N) is 4. The van der Waals surface area contributed by atoms with E-state index in [4.69, 9.17) is 0 Å². The number of benzene rings is 2. The predicted molar refractivity (Wildman–Crippen MR) is 141 cm³/mol. The van der Waals surface area contributed by atoms with Gasteiger partial charge in [0.25, 0.3) is 11.8 Å². The Hall–Kier alpha value is -4.46. The molecule has 2 aromatic carbocycles. The molecule has 2 N–H and O–H groups in total.